The topological polar surface area (TPSA) is 73.0 Å². The number of urea groups is 1. The smallest absolute Gasteiger partial charge is 0.324 e. The molecule has 2 heterocycles. The number of rotatable bonds is 4. The van der Waals surface area contributed by atoms with Gasteiger partial charge in [0.2, 0.25) is 11.8 Å². The minimum absolute atomic E-state index is 0.0395. The number of nitrogens with one attached hydrogen (secondary N) is 1. The zero-order valence-corrected chi connectivity index (χ0v) is 13.6. The highest BCUT2D eigenvalue weighted by Gasteiger charge is 2.28. The third-order valence-corrected chi connectivity index (χ3v) is 4.44. The van der Waals surface area contributed by atoms with Crippen LogP contribution < -0.4 is 5.32 Å². The number of nitrogens with zero attached hydrogens (tertiary/aromatic N) is 3. The van der Waals surface area contributed by atoms with Crippen LogP contribution in [-0.4, -0.2) is 71.8 Å². The molecule has 0 bridgehead atoms. The summed E-state index contributed by atoms with van der Waals surface area (Å²) >= 11 is 0. The molecular weight excluding hydrogens is 308 g/mol. The van der Waals surface area contributed by atoms with E-state index in [9.17, 15) is 14.4 Å². The monoisotopic (exact) mass is 330 g/mol. The molecule has 7 heteroatoms. The number of benzene rings is 1. The predicted molar refractivity (Wildman–Crippen MR) is 88.0 cm³/mol. The van der Waals surface area contributed by atoms with E-state index in [0.29, 0.717) is 19.6 Å². The Morgan fingerprint density at radius 2 is 1.71 bits per heavy atom. The predicted octanol–water partition coefficient (Wildman–Crippen LogP) is 0.273. The van der Waals surface area contributed by atoms with Crippen molar-refractivity contribution in [1.82, 2.24) is 20.0 Å². The average molecular weight is 330 g/mol. The molecule has 2 aliphatic heterocycles. The summed E-state index contributed by atoms with van der Waals surface area (Å²) in [6, 6.07) is 9.81. The summed E-state index contributed by atoms with van der Waals surface area (Å²) in [5.41, 5.74) is 1.27. The van der Waals surface area contributed by atoms with Crippen LogP contribution in [0.5, 0.6) is 0 Å². The average Bonchev–Trinajstić information content (AvgIpc) is 2.59. The fourth-order valence-corrected chi connectivity index (χ4v) is 3.01. The summed E-state index contributed by atoms with van der Waals surface area (Å²) in [5, 5.41) is 2.24. The Balaban J connectivity index is 1.45. The number of amides is 4. The molecule has 0 aromatic heterocycles. The molecule has 7 nitrogen and oxygen atoms in total. The highest BCUT2D eigenvalue weighted by Crippen LogP contribution is 2.09. The van der Waals surface area contributed by atoms with Gasteiger partial charge in [-0.25, -0.2) is 4.79 Å². The van der Waals surface area contributed by atoms with Crippen LogP contribution in [0.2, 0.25) is 0 Å². The molecule has 0 aliphatic carbocycles. The first kappa shape index (κ1) is 16.4. The SMILES string of the molecule is O=C1CCN(CC(=O)N2CCN(Cc3ccccc3)CC2)C(=O)N1. The summed E-state index contributed by atoms with van der Waals surface area (Å²) in [4.78, 5) is 40.7. The third kappa shape index (κ3) is 4.11. The Morgan fingerprint density at radius 1 is 1.00 bits per heavy atom. The second-order valence-corrected chi connectivity index (χ2v) is 6.17. The van der Waals surface area contributed by atoms with Gasteiger partial charge < -0.3 is 9.80 Å². The second-order valence-electron chi connectivity index (χ2n) is 6.17. The molecule has 0 unspecified atom stereocenters. The van der Waals surface area contributed by atoms with Gasteiger partial charge in [0.25, 0.3) is 0 Å². The van der Waals surface area contributed by atoms with Crippen molar-refractivity contribution in [3.05, 3.63) is 35.9 Å². The Labute approximate surface area is 141 Å². The first-order valence-electron chi connectivity index (χ1n) is 8.24. The first-order chi connectivity index (χ1) is 11.6. The van der Waals surface area contributed by atoms with E-state index in [1.165, 1.54) is 10.5 Å². The van der Waals surface area contributed by atoms with Crippen molar-refractivity contribution >= 4 is 17.8 Å². The van der Waals surface area contributed by atoms with Crippen molar-refractivity contribution in [1.29, 1.82) is 0 Å². The van der Waals surface area contributed by atoms with Crippen molar-refractivity contribution in [3.8, 4) is 0 Å². The molecule has 0 spiro atoms. The summed E-state index contributed by atoms with van der Waals surface area (Å²) in [6.07, 6.45) is 0.254. The molecule has 0 radical (unpaired) electrons. The van der Waals surface area contributed by atoms with E-state index in [1.54, 1.807) is 4.90 Å². The van der Waals surface area contributed by atoms with Crippen molar-refractivity contribution in [2.75, 3.05) is 39.3 Å². The highest BCUT2D eigenvalue weighted by atomic mass is 16.2. The first-order valence-corrected chi connectivity index (χ1v) is 8.24. The molecular formula is C17H22N4O3. The minimum atomic E-state index is -0.470. The van der Waals surface area contributed by atoms with Crippen LogP contribution in [0.1, 0.15) is 12.0 Å². The molecule has 1 N–H and O–H groups in total. The van der Waals surface area contributed by atoms with Crippen LogP contribution in [0, 0.1) is 0 Å². The lowest BCUT2D eigenvalue weighted by atomic mass is 10.2. The Morgan fingerprint density at radius 3 is 2.38 bits per heavy atom. The maximum Gasteiger partial charge on any atom is 0.324 e. The molecule has 128 valence electrons. The van der Waals surface area contributed by atoms with Crippen molar-refractivity contribution in [2.45, 2.75) is 13.0 Å². The van der Waals surface area contributed by atoms with Gasteiger partial charge in [0.05, 0.1) is 0 Å². The van der Waals surface area contributed by atoms with Crippen LogP contribution in [0.25, 0.3) is 0 Å². The lowest BCUT2D eigenvalue weighted by molar-refractivity contribution is -0.134. The van der Waals surface area contributed by atoms with E-state index < -0.39 is 6.03 Å². The number of piperazine rings is 1. The molecule has 1 aromatic rings. The van der Waals surface area contributed by atoms with E-state index in [4.69, 9.17) is 0 Å². The van der Waals surface area contributed by atoms with E-state index >= 15 is 0 Å². The van der Waals surface area contributed by atoms with Crippen LogP contribution in [0.15, 0.2) is 30.3 Å². The van der Waals surface area contributed by atoms with Crippen molar-refractivity contribution in [3.63, 3.8) is 0 Å². The molecule has 2 saturated heterocycles. The van der Waals surface area contributed by atoms with Gasteiger partial charge >= 0.3 is 6.03 Å². The summed E-state index contributed by atoms with van der Waals surface area (Å²) in [5.74, 6) is -0.336. The van der Waals surface area contributed by atoms with Gasteiger partial charge in [-0.1, -0.05) is 30.3 Å². The fourth-order valence-electron chi connectivity index (χ4n) is 3.01. The maximum atomic E-state index is 12.4. The lowest BCUT2D eigenvalue weighted by Crippen LogP contribution is -2.55. The molecule has 0 saturated carbocycles. The van der Waals surface area contributed by atoms with Gasteiger partial charge in [0.1, 0.15) is 6.54 Å². The molecule has 3 rings (SSSR count). The Hall–Kier alpha value is -2.41. The number of carbonyl (C=O) groups excluding carboxylic acids is 3. The summed E-state index contributed by atoms with van der Waals surface area (Å²) in [6.45, 7) is 4.22. The largest absolute Gasteiger partial charge is 0.339 e. The Kier molecular flexibility index (Phi) is 5.10. The van der Waals surface area contributed by atoms with Gasteiger partial charge in [0, 0.05) is 45.7 Å². The van der Waals surface area contributed by atoms with Crippen molar-refractivity contribution < 1.29 is 14.4 Å². The van der Waals surface area contributed by atoms with Crippen LogP contribution in [0.4, 0.5) is 4.79 Å². The van der Waals surface area contributed by atoms with E-state index in [2.05, 4.69) is 22.3 Å². The van der Waals surface area contributed by atoms with Gasteiger partial charge in [-0.3, -0.25) is 19.8 Å². The summed E-state index contributed by atoms with van der Waals surface area (Å²) in [7, 11) is 0. The number of imide groups is 1. The highest BCUT2D eigenvalue weighted by molar-refractivity contribution is 5.98. The summed E-state index contributed by atoms with van der Waals surface area (Å²) < 4.78 is 0. The number of carbonyl (C=O) groups is 3. The maximum absolute atomic E-state index is 12.4. The third-order valence-electron chi connectivity index (χ3n) is 4.44. The van der Waals surface area contributed by atoms with E-state index in [1.807, 2.05) is 18.2 Å². The standard InChI is InChI=1S/C17H22N4O3/c22-15-6-7-21(17(24)18-15)13-16(23)20-10-8-19(9-11-20)12-14-4-2-1-3-5-14/h1-5H,6-13H2,(H,18,22,24). The van der Waals surface area contributed by atoms with Gasteiger partial charge in [-0.05, 0) is 5.56 Å². The second kappa shape index (κ2) is 7.44. The minimum Gasteiger partial charge on any atom is -0.339 e. The van der Waals surface area contributed by atoms with E-state index in [-0.39, 0.29) is 24.8 Å². The van der Waals surface area contributed by atoms with Crippen molar-refractivity contribution in [2.24, 2.45) is 0 Å². The van der Waals surface area contributed by atoms with Gasteiger partial charge in [0.15, 0.2) is 0 Å². The lowest BCUT2D eigenvalue weighted by Gasteiger charge is -2.36. The van der Waals surface area contributed by atoms with Gasteiger partial charge in [-0.2, -0.15) is 0 Å². The van der Waals surface area contributed by atoms with Gasteiger partial charge in [-0.15, -0.1) is 0 Å². The molecule has 0 atom stereocenters. The quantitative estimate of drug-likeness (QED) is 0.860. The number of hydrogen-bond donors (Lipinski definition) is 1. The molecule has 2 aliphatic rings. The molecule has 4 amide bonds. The molecule has 24 heavy (non-hydrogen) atoms. The normalized spacial score (nSPS) is 19.3. The van der Waals surface area contributed by atoms with Crippen LogP contribution >= 0.6 is 0 Å². The zero-order chi connectivity index (χ0) is 16.9. The van der Waals surface area contributed by atoms with Crippen LogP contribution in [-0.2, 0) is 16.1 Å². The fraction of sp³-hybridized carbons (Fsp3) is 0.471. The van der Waals surface area contributed by atoms with Crippen LogP contribution in [0.3, 0.4) is 0 Å². The number of hydrogen-bond acceptors (Lipinski definition) is 4. The Bertz CT molecular complexity index is 612. The molecule has 1 aromatic carbocycles. The van der Waals surface area contributed by atoms with E-state index in [0.717, 1.165) is 19.6 Å². The zero-order valence-electron chi connectivity index (χ0n) is 13.6. The molecule has 2 fully saturated rings.